The smallest absolute Gasteiger partial charge is 0.00922 e. The first-order chi connectivity index (χ1) is 8.00. The molecular weight excluding hydrogens is 192 g/mol. The molecule has 16 heavy (non-hydrogen) atoms. The molecule has 0 heterocycles. The highest BCUT2D eigenvalue weighted by atomic mass is 14.0. The molecule has 0 spiro atoms. The summed E-state index contributed by atoms with van der Waals surface area (Å²) in [6, 6.07) is 0. The van der Waals surface area contributed by atoms with Crippen LogP contribution in [-0.4, -0.2) is 0 Å². The Labute approximate surface area is 102 Å². The lowest BCUT2D eigenvalue weighted by Gasteiger charge is -2.01. The van der Waals surface area contributed by atoms with E-state index in [9.17, 15) is 0 Å². The van der Waals surface area contributed by atoms with Gasteiger partial charge in [-0.25, -0.2) is 0 Å². The van der Waals surface area contributed by atoms with Crippen LogP contribution in [0.3, 0.4) is 0 Å². The van der Waals surface area contributed by atoms with E-state index in [-0.39, 0.29) is 0 Å². The van der Waals surface area contributed by atoms with E-state index in [0.717, 1.165) is 6.42 Å². The molecule has 0 amide bonds. The standard InChI is InChI=1S/C16H26/c1-2-4-6-8-10-12-14-16-15-13-11-9-7-5-3-1/h1-2H,3,5,7-16H2/b2-1-. The molecule has 90 valence electrons. The lowest BCUT2D eigenvalue weighted by molar-refractivity contribution is 0.554. The quantitative estimate of drug-likeness (QED) is 0.488. The zero-order chi connectivity index (χ0) is 11.3. The summed E-state index contributed by atoms with van der Waals surface area (Å²) in [5.74, 6) is 6.37. The summed E-state index contributed by atoms with van der Waals surface area (Å²) < 4.78 is 0. The molecule has 1 rings (SSSR count). The van der Waals surface area contributed by atoms with Gasteiger partial charge in [-0.1, -0.05) is 69.3 Å². The maximum atomic E-state index is 3.23. The van der Waals surface area contributed by atoms with Crippen LogP contribution < -0.4 is 0 Å². The van der Waals surface area contributed by atoms with Gasteiger partial charge in [0.15, 0.2) is 0 Å². The lowest BCUT2D eigenvalue weighted by Crippen LogP contribution is -1.82. The molecule has 0 saturated heterocycles. The monoisotopic (exact) mass is 218 g/mol. The van der Waals surface area contributed by atoms with Gasteiger partial charge in [-0.05, 0) is 25.3 Å². The third kappa shape index (κ3) is 8.60. The van der Waals surface area contributed by atoms with Crippen LogP contribution in [0.1, 0.15) is 77.0 Å². The van der Waals surface area contributed by atoms with Gasteiger partial charge in [0.1, 0.15) is 0 Å². The minimum absolute atomic E-state index is 1.09. The Morgan fingerprint density at radius 1 is 0.625 bits per heavy atom. The van der Waals surface area contributed by atoms with Crippen LogP contribution >= 0.6 is 0 Å². The molecular formula is C16H26. The second-order valence-corrected chi connectivity index (χ2v) is 4.80. The summed E-state index contributed by atoms with van der Waals surface area (Å²) in [6.07, 6.45) is 20.6. The van der Waals surface area contributed by atoms with Crippen LogP contribution in [0, 0.1) is 11.8 Å². The summed E-state index contributed by atoms with van der Waals surface area (Å²) in [5, 5.41) is 0. The van der Waals surface area contributed by atoms with E-state index in [2.05, 4.69) is 17.9 Å². The van der Waals surface area contributed by atoms with Gasteiger partial charge in [0.05, 0.1) is 0 Å². The molecule has 0 aromatic rings. The van der Waals surface area contributed by atoms with Gasteiger partial charge >= 0.3 is 0 Å². The number of hydrogen-bond donors (Lipinski definition) is 0. The fourth-order valence-corrected chi connectivity index (χ4v) is 2.16. The van der Waals surface area contributed by atoms with Crippen molar-refractivity contribution in [3.05, 3.63) is 12.2 Å². The van der Waals surface area contributed by atoms with E-state index in [0.29, 0.717) is 0 Å². The van der Waals surface area contributed by atoms with E-state index in [1.807, 2.05) is 6.08 Å². The SMILES string of the molecule is C1#CCCCCCCCCCCCC/C=C\1. The fraction of sp³-hybridized carbons (Fsp3) is 0.750. The first-order valence-electron chi connectivity index (χ1n) is 7.13. The first-order valence-corrected chi connectivity index (χ1v) is 7.13. The van der Waals surface area contributed by atoms with Gasteiger partial charge < -0.3 is 0 Å². The Bertz CT molecular complexity index is 226. The molecule has 1 aliphatic rings. The van der Waals surface area contributed by atoms with Crippen LogP contribution in [0.25, 0.3) is 0 Å². The molecule has 0 unspecified atom stereocenters. The number of allylic oxidation sites excluding steroid dienone is 2. The van der Waals surface area contributed by atoms with Crippen molar-refractivity contribution in [3.63, 3.8) is 0 Å². The van der Waals surface area contributed by atoms with Crippen LogP contribution in [-0.2, 0) is 0 Å². The second-order valence-electron chi connectivity index (χ2n) is 4.80. The van der Waals surface area contributed by atoms with Crippen LogP contribution in [0.2, 0.25) is 0 Å². The van der Waals surface area contributed by atoms with E-state index in [4.69, 9.17) is 0 Å². The topological polar surface area (TPSA) is 0 Å². The van der Waals surface area contributed by atoms with Gasteiger partial charge in [0, 0.05) is 6.42 Å². The molecule has 0 N–H and O–H groups in total. The predicted molar refractivity (Wildman–Crippen MR) is 72.3 cm³/mol. The van der Waals surface area contributed by atoms with Crippen LogP contribution in [0.5, 0.6) is 0 Å². The van der Waals surface area contributed by atoms with E-state index >= 15 is 0 Å². The highest BCUT2D eigenvalue weighted by Gasteiger charge is 1.92. The van der Waals surface area contributed by atoms with E-state index < -0.39 is 0 Å². The summed E-state index contributed by atoms with van der Waals surface area (Å²) in [4.78, 5) is 0. The summed E-state index contributed by atoms with van der Waals surface area (Å²) in [6.45, 7) is 0. The normalized spacial score (nSPS) is 23.0. The summed E-state index contributed by atoms with van der Waals surface area (Å²) in [5.41, 5.74) is 0. The minimum atomic E-state index is 1.09. The van der Waals surface area contributed by atoms with Crippen molar-refractivity contribution in [1.29, 1.82) is 0 Å². The molecule has 0 atom stereocenters. The molecule has 0 aromatic heterocycles. The second kappa shape index (κ2) is 10.8. The zero-order valence-corrected chi connectivity index (χ0v) is 10.6. The van der Waals surface area contributed by atoms with Gasteiger partial charge in [-0.3, -0.25) is 0 Å². The molecule has 0 heteroatoms. The maximum absolute atomic E-state index is 3.23. The van der Waals surface area contributed by atoms with Crippen molar-refractivity contribution in [2.75, 3.05) is 0 Å². The Kier molecular flexibility index (Phi) is 9.03. The highest BCUT2D eigenvalue weighted by Crippen LogP contribution is 2.12. The van der Waals surface area contributed by atoms with Crippen molar-refractivity contribution >= 4 is 0 Å². The molecule has 0 fully saturated rings. The van der Waals surface area contributed by atoms with Gasteiger partial charge in [0.2, 0.25) is 0 Å². The Hall–Kier alpha value is -0.700. The number of rotatable bonds is 0. The van der Waals surface area contributed by atoms with Crippen LogP contribution in [0.4, 0.5) is 0 Å². The molecule has 0 nitrogen and oxygen atoms in total. The summed E-state index contributed by atoms with van der Waals surface area (Å²) in [7, 11) is 0. The third-order valence-corrected chi connectivity index (χ3v) is 3.23. The van der Waals surface area contributed by atoms with Gasteiger partial charge in [-0.15, -0.1) is 0 Å². The van der Waals surface area contributed by atoms with Crippen molar-refractivity contribution in [3.8, 4) is 11.8 Å². The average Bonchev–Trinajstić information content (AvgIpc) is 2.29. The fourth-order valence-electron chi connectivity index (χ4n) is 2.16. The largest absolute Gasteiger partial charge is 0.0985 e. The molecule has 1 aliphatic carbocycles. The predicted octanol–water partition coefficient (Wildman–Crippen LogP) is 5.24. The average molecular weight is 218 g/mol. The van der Waals surface area contributed by atoms with Gasteiger partial charge in [-0.2, -0.15) is 0 Å². The first kappa shape index (κ1) is 13.4. The summed E-state index contributed by atoms with van der Waals surface area (Å²) >= 11 is 0. The lowest BCUT2D eigenvalue weighted by atomic mass is 10.0. The Morgan fingerprint density at radius 2 is 1.19 bits per heavy atom. The maximum Gasteiger partial charge on any atom is 0.00922 e. The molecule has 0 aliphatic heterocycles. The van der Waals surface area contributed by atoms with E-state index in [1.54, 1.807) is 0 Å². The Morgan fingerprint density at radius 3 is 1.88 bits per heavy atom. The zero-order valence-electron chi connectivity index (χ0n) is 10.6. The van der Waals surface area contributed by atoms with E-state index in [1.165, 1.54) is 70.6 Å². The van der Waals surface area contributed by atoms with Crippen molar-refractivity contribution in [2.45, 2.75) is 77.0 Å². The van der Waals surface area contributed by atoms with Crippen molar-refractivity contribution in [2.24, 2.45) is 0 Å². The van der Waals surface area contributed by atoms with Crippen LogP contribution in [0.15, 0.2) is 12.2 Å². The molecule has 0 saturated carbocycles. The minimum Gasteiger partial charge on any atom is -0.0985 e. The third-order valence-electron chi connectivity index (χ3n) is 3.23. The molecule has 0 bridgehead atoms. The highest BCUT2D eigenvalue weighted by molar-refractivity contribution is 5.14. The molecule has 0 radical (unpaired) electrons. The van der Waals surface area contributed by atoms with Gasteiger partial charge in [0.25, 0.3) is 0 Å². The van der Waals surface area contributed by atoms with Crippen molar-refractivity contribution in [1.82, 2.24) is 0 Å². The molecule has 0 aromatic carbocycles. The number of hydrogen-bond acceptors (Lipinski definition) is 0. The Balaban J connectivity index is 2.18. The van der Waals surface area contributed by atoms with Crippen molar-refractivity contribution < 1.29 is 0 Å².